The van der Waals surface area contributed by atoms with Gasteiger partial charge in [-0.25, -0.2) is 4.79 Å². The van der Waals surface area contributed by atoms with Gasteiger partial charge in [0.05, 0.1) is 7.11 Å². The predicted molar refractivity (Wildman–Crippen MR) is 45.1 cm³/mol. The molecule has 3 atom stereocenters. The number of esters is 1. The van der Waals surface area contributed by atoms with E-state index in [0.717, 1.165) is 14.0 Å². The molecule has 0 amide bonds. The van der Waals surface area contributed by atoms with Crippen molar-refractivity contribution in [2.75, 3.05) is 7.11 Å². The van der Waals surface area contributed by atoms with E-state index in [1.165, 1.54) is 6.92 Å². The Morgan fingerprint density at radius 2 is 2.07 bits per heavy atom. The maximum absolute atomic E-state index is 12.7. The number of carbonyl (C=O) groups excluding carboxylic acids is 1. The number of rotatable bonds is 1. The summed E-state index contributed by atoms with van der Waals surface area (Å²) >= 11 is 0. The summed E-state index contributed by atoms with van der Waals surface area (Å²) in [5.41, 5.74) is -2.26. The van der Waals surface area contributed by atoms with Gasteiger partial charge in [0.2, 0.25) is 0 Å². The molecule has 1 saturated heterocycles. The summed E-state index contributed by atoms with van der Waals surface area (Å²) in [4.78, 5) is 11.1. The minimum Gasteiger partial charge on any atom is -0.467 e. The van der Waals surface area contributed by atoms with Gasteiger partial charge in [0.25, 0.3) is 0 Å². The SMILES string of the molecule is COC(=O)C1CC(C)C(C)(C(F)(F)F)O1. The van der Waals surface area contributed by atoms with Crippen LogP contribution in [0.25, 0.3) is 0 Å². The lowest BCUT2D eigenvalue weighted by atomic mass is 9.89. The van der Waals surface area contributed by atoms with Crippen LogP contribution in [0, 0.1) is 5.92 Å². The number of ether oxygens (including phenoxy) is 2. The second kappa shape index (κ2) is 3.66. The highest BCUT2D eigenvalue weighted by Crippen LogP contribution is 2.46. The highest BCUT2D eigenvalue weighted by molar-refractivity contribution is 5.75. The summed E-state index contributed by atoms with van der Waals surface area (Å²) in [5, 5.41) is 0. The molecule has 0 radical (unpaired) electrons. The highest BCUT2D eigenvalue weighted by atomic mass is 19.4. The van der Waals surface area contributed by atoms with Crippen molar-refractivity contribution < 1.29 is 27.4 Å². The Kier molecular flexibility index (Phi) is 3.00. The Hall–Kier alpha value is -0.780. The molecule has 88 valence electrons. The van der Waals surface area contributed by atoms with Crippen LogP contribution in [-0.4, -0.2) is 31.0 Å². The fourth-order valence-corrected chi connectivity index (χ4v) is 1.63. The first-order valence-electron chi connectivity index (χ1n) is 4.54. The molecule has 0 aromatic rings. The molecule has 3 nitrogen and oxygen atoms in total. The topological polar surface area (TPSA) is 35.5 Å². The number of methoxy groups -OCH3 is 1. The molecular weight excluding hydrogens is 213 g/mol. The van der Waals surface area contributed by atoms with E-state index in [4.69, 9.17) is 4.74 Å². The molecule has 1 heterocycles. The molecule has 15 heavy (non-hydrogen) atoms. The Labute approximate surface area is 85.5 Å². The third kappa shape index (κ3) is 1.95. The quantitative estimate of drug-likeness (QED) is 0.640. The molecule has 1 fully saturated rings. The average molecular weight is 226 g/mol. The summed E-state index contributed by atoms with van der Waals surface area (Å²) in [5.74, 6) is -1.52. The van der Waals surface area contributed by atoms with E-state index in [2.05, 4.69) is 4.74 Å². The van der Waals surface area contributed by atoms with Crippen LogP contribution in [0.4, 0.5) is 13.2 Å². The molecule has 0 spiro atoms. The molecule has 1 aliphatic heterocycles. The first-order chi connectivity index (χ1) is 6.72. The molecule has 0 N–H and O–H groups in total. The van der Waals surface area contributed by atoms with Crippen LogP contribution in [0.2, 0.25) is 0 Å². The fourth-order valence-electron chi connectivity index (χ4n) is 1.63. The van der Waals surface area contributed by atoms with Crippen LogP contribution < -0.4 is 0 Å². The molecule has 0 saturated carbocycles. The largest absolute Gasteiger partial charge is 0.467 e. The van der Waals surface area contributed by atoms with E-state index in [-0.39, 0.29) is 6.42 Å². The predicted octanol–water partition coefficient (Wildman–Crippen LogP) is 1.91. The molecule has 6 heteroatoms. The number of hydrogen-bond donors (Lipinski definition) is 0. The molecule has 3 unspecified atom stereocenters. The van der Waals surface area contributed by atoms with E-state index in [9.17, 15) is 18.0 Å². The van der Waals surface area contributed by atoms with E-state index in [1.807, 2.05) is 0 Å². The second-order valence-corrected chi connectivity index (χ2v) is 3.87. The molecule has 0 aromatic carbocycles. The fraction of sp³-hybridized carbons (Fsp3) is 0.889. The van der Waals surface area contributed by atoms with Gasteiger partial charge in [0, 0.05) is 0 Å². The Morgan fingerprint density at radius 1 is 1.53 bits per heavy atom. The third-order valence-corrected chi connectivity index (χ3v) is 2.92. The van der Waals surface area contributed by atoms with Crippen LogP contribution in [0.15, 0.2) is 0 Å². The number of carbonyl (C=O) groups is 1. The van der Waals surface area contributed by atoms with Gasteiger partial charge in [-0.15, -0.1) is 0 Å². The lowest BCUT2D eigenvalue weighted by molar-refractivity contribution is -0.274. The minimum absolute atomic E-state index is 0.0304. The minimum atomic E-state index is -4.48. The molecule has 1 aliphatic rings. The van der Waals surface area contributed by atoms with Crippen LogP contribution >= 0.6 is 0 Å². The van der Waals surface area contributed by atoms with Crippen molar-refractivity contribution in [2.24, 2.45) is 5.92 Å². The molecule has 0 bridgehead atoms. The number of halogens is 3. The van der Waals surface area contributed by atoms with Crippen LogP contribution in [0.1, 0.15) is 20.3 Å². The Morgan fingerprint density at radius 3 is 2.40 bits per heavy atom. The standard InChI is InChI=1S/C9H13F3O3/c1-5-4-6(7(13)14-3)15-8(5,2)9(10,11)12/h5-6H,4H2,1-3H3. The zero-order valence-electron chi connectivity index (χ0n) is 8.72. The Bertz CT molecular complexity index is 264. The van der Waals surface area contributed by atoms with Crippen molar-refractivity contribution in [1.82, 2.24) is 0 Å². The molecular formula is C9H13F3O3. The summed E-state index contributed by atoms with van der Waals surface area (Å²) in [7, 11) is 1.12. The highest BCUT2D eigenvalue weighted by Gasteiger charge is 2.61. The average Bonchev–Trinajstić information content (AvgIpc) is 2.42. The normalized spacial score (nSPS) is 36.7. The van der Waals surface area contributed by atoms with Gasteiger partial charge in [-0.2, -0.15) is 13.2 Å². The van der Waals surface area contributed by atoms with Crippen molar-refractivity contribution in [3.8, 4) is 0 Å². The summed E-state index contributed by atoms with van der Waals surface area (Å²) in [6.45, 7) is 2.37. The van der Waals surface area contributed by atoms with Crippen molar-refractivity contribution >= 4 is 5.97 Å². The van der Waals surface area contributed by atoms with E-state index in [0.29, 0.717) is 0 Å². The van der Waals surface area contributed by atoms with Gasteiger partial charge in [0.15, 0.2) is 11.7 Å². The van der Waals surface area contributed by atoms with Crippen molar-refractivity contribution in [2.45, 2.75) is 38.1 Å². The van der Waals surface area contributed by atoms with Gasteiger partial charge in [-0.05, 0) is 19.3 Å². The maximum atomic E-state index is 12.7. The first-order valence-corrected chi connectivity index (χ1v) is 4.54. The maximum Gasteiger partial charge on any atom is 0.417 e. The van der Waals surface area contributed by atoms with E-state index in [1.54, 1.807) is 0 Å². The van der Waals surface area contributed by atoms with Crippen molar-refractivity contribution in [3.63, 3.8) is 0 Å². The summed E-state index contributed by atoms with van der Waals surface area (Å²) in [6.07, 6.45) is -5.56. The summed E-state index contributed by atoms with van der Waals surface area (Å²) < 4.78 is 47.1. The first kappa shape index (κ1) is 12.3. The number of alkyl halides is 3. The van der Waals surface area contributed by atoms with Crippen molar-refractivity contribution in [3.05, 3.63) is 0 Å². The lowest BCUT2D eigenvalue weighted by Gasteiger charge is -2.30. The van der Waals surface area contributed by atoms with Gasteiger partial charge >= 0.3 is 12.1 Å². The monoisotopic (exact) mass is 226 g/mol. The molecule has 1 rings (SSSR count). The van der Waals surface area contributed by atoms with E-state index >= 15 is 0 Å². The molecule has 0 aliphatic carbocycles. The van der Waals surface area contributed by atoms with Crippen LogP contribution in [0.5, 0.6) is 0 Å². The second-order valence-electron chi connectivity index (χ2n) is 3.87. The zero-order chi connectivity index (χ0) is 11.9. The third-order valence-electron chi connectivity index (χ3n) is 2.92. The molecule has 0 aromatic heterocycles. The smallest absolute Gasteiger partial charge is 0.417 e. The van der Waals surface area contributed by atoms with Gasteiger partial charge in [0.1, 0.15) is 0 Å². The van der Waals surface area contributed by atoms with Gasteiger partial charge in [-0.3, -0.25) is 0 Å². The van der Waals surface area contributed by atoms with Crippen LogP contribution in [0.3, 0.4) is 0 Å². The van der Waals surface area contributed by atoms with Crippen LogP contribution in [-0.2, 0) is 14.3 Å². The number of hydrogen-bond acceptors (Lipinski definition) is 3. The van der Waals surface area contributed by atoms with E-state index < -0.39 is 29.8 Å². The van der Waals surface area contributed by atoms with Gasteiger partial charge < -0.3 is 9.47 Å². The zero-order valence-corrected chi connectivity index (χ0v) is 8.72. The summed E-state index contributed by atoms with van der Waals surface area (Å²) in [6, 6.07) is 0. The van der Waals surface area contributed by atoms with Crippen molar-refractivity contribution in [1.29, 1.82) is 0 Å². The van der Waals surface area contributed by atoms with Gasteiger partial charge in [-0.1, -0.05) is 6.92 Å². The Balaban J connectivity index is 2.85. The lowest BCUT2D eigenvalue weighted by Crippen LogP contribution is -2.46.